The molecule has 0 aliphatic carbocycles. The molecule has 0 fully saturated rings. The summed E-state index contributed by atoms with van der Waals surface area (Å²) in [5, 5.41) is 10.4. The minimum atomic E-state index is -1.14. The molecular weight excluding hydrogens is 216 g/mol. The fourth-order valence-corrected chi connectivity index (χ4v) is 1.62. The Morgan fingerprint density at radius 3 is 2.88 bits per heavy atom. The van der Waals surface area contributed by atoms with Crippen LogP contribution in [0.5, 0.6) is 0 Å². The van der Waals surface area contributed by atoms with Gasteiger partial charge in [0.2, 0.25) is 6.33 Å². The van der Waals surface area contributed by atoms with Crippen molar-refractivity contribution in [1.29, 1.82) is 0 Å². The zero-order valence-electron chi connectivity index (χ0n) is 10.4. The van der Waals surface area contributed by atoms with E-state index in [9.17, 15) is 9.90 Å². The number of nitrogens with zero attached hydrogens (tertiary/aromatic N) is 2. The van der Waals surface area contributed by atoms with Crippen LogP contribution in [0, 0.1) is 0 Å². The third-order valence-corrected chi connectivity index (χ3v) is 2.70. The van der Waals surface area contributed by atoms with Crippen LogP contribution >= 0.6 is 0 Å². The Labute approximate surface area is 102 Å². The first-order chi connectivity index (χ1) is 8.13. The molecule has 0 aliphatic heterocycles. The van der Waals surface area contributed by atoms with E-state index in [1.54, 1.807) is 0 Å². The van der Waals surface area contributed by atoms with Crippen LogP contribution in [-0.2, 0) is 17.9 Å². The molecule has 17 heavy (non-hydrogen) atoms. The summed E-state index contributed by atoms with van der Waals surface area (Å²) < 4.78 is 4.22. The highest BCUT2D eigenvalue weighted by atomic mass is 16.4. The SMILES string of the molecule is C=C(CCC[n+]1ccn(CCCC)c1)C(=O)[O-]. The number of carboxylic acids is 1. The van der Waals surface area contributed by atoms with Crippen molar-refractivity contribution in [3.63, 3.8) is 0 Å². The highest BCUT2D eigenvalue weighted by Gasteiger charge is 2.03. The van der Waals surface area contributed by atoms with E-state index in [0.29, 0.717) is 6.42 Å². The van der Waals surface area contributed by atoms with Crippen LogP contribution in [0.15, 0.2) is 30.9 Å². The Morgan fingerprint density at radius 1 is 1.47 bits per heavy atom. The third kappa shape index (κ3) is 4.85. The van der Waals surface area contributed by atoms with Crippen molar-refractivity contribution in [3.8, 4) is 0 Å². The van der Waals surface area contributed by atoms with Crippen LogP contribution < -0.4 is 9.67 Å². The molecule has 0 N–H and O–H groups in total. The van der Waals surface area contributed by atoms with Gasteiger partial charge in [-0.15, -0.1) is 0 Å². The van der Waals surface area contributed by atoms with Crippen molar-refractivity contribution in [1.82, 2.24) is 4.57 Å². The van der Waals surface area contributed by atoms with Gasteiger partial charge in [0.1, 0.15) is 12.4 Å². The lowest BCUT2D eigenvalue weighted by atomic mass is 10.2. The van der Waals surface area contributed by atoms with E-state index in [1.807, 2.05) is 12.4 Å². The zero-order valence-corrected chi connectivity index (χ0v) is 10.4. The number of imidazole rings is 1. The van der Waals surface area contributed by atoms with Crippen molar-refractivity contribution in [2.75, 3.05) is 0 Å². The van der Waals surface area contributed by atoms with E-state index < -0.39 is 5.97 Å². The second kappa shape index (κ2) is 6.89. The van der Waals surface area contributed by atoms with E-state index >= 15 is 0 Å². The summed E-state index contributed by atoms with van der Waals surface area (Å²) in [5.74, 6) is -1.14. The lowest BCUT2D eigenvalue weighted by Crippen LogP contribution is -2.31. The number of rotatable bonds is 8. The number of carbonyl (C=O) groups is 1. The Morgan fingerprint density at radius 2 is 2.24 bits per heavy atom. The minimum absolute atomic E-state index is 0.177. The average Bonchev–Trinajstić information content (AvgIpc) is 2.74. The second-order valence-corrected chi connectivity index (χ2v) is 4.24. The van der Waals surface area contributed by atoms with Crippen LogP contribution in [0.3, 0.4) is 0 Å². The monoisotopic (exact) mass is 236 g/mol. The van der Waals surface area contributed by atoms with E-state index in [1.165, 1.54) is 12.8 Å². The Kier molecular flexibility index (Phi) is 5.46. The van der Waals surface area contributed by atoms with E-state index in [2.05, 4.69) is 29.0 Å². The van der Waals surface area contributed by atoms with Gasteiger partial charge < -0.3 is 9.90 Å². The first kappa shape index (κ1) is 13.5. The highest BCUT2D eigenvalue weighted by Crippen LogP contribution is 2.00. The molecule has 1 rings (SSSR count). The molecule has 1 aromatic heterocycles. The number of unbranched alkanes of at least 4 members (excludes halogenated alkanes) is 1. The van der Waals surface area contributed by atoms with Gasteiger partial charge in [0.15, 0.2) is 0 Å². The molecule has 0 saturated carbocycles. The number of aryl methyl sites for hydroxylation is 2. The van der Waals surface area contributed by atoms with Crippen LogP contribution in [0.1, 0.15) is 32.6 Å². The molecule has 0 bridgehead atoms. The van der Waals surface area contributed by atoms with Crippen LogP contribution in [-0.4, -0.2) is 10.5 Å². The van der Waals surface area contributed by atoms with Gasteiger partial charge in [0.05, 0.1) is 19.1 Å². The Bertz CT molecular complexity index is 383. The van der Waals surface area contributed by atoms with Crippen molar-refractivity contribution >= 4 is 5.97 Å². The van der Waals surface area contributed by atoms with Gasteiger partial charge in [-0.25, -0.2) is 9.13 Å². The molecule has 1 aromatic rings. The topological polar surface area (TPSA) is 48.9 Å². The highest BCUT2D eigenvalue weighted by molar-refractivity contribution is 5.83. The van der Waals surface area contributed by atoms with E-state index in [0.717, 1.165) is 19.5 Å². The van der Waals surface area contributed by atoms with Crippen molar-refractivity contribution in [2.24, 2.45) is 0 Å². The summed E-state index contributed by atoms with van der Waals surface area (Å²) in [7, 11) is 0. The normalized spacial score (nSPS) is 10.4. The molecule has 0 aliphatic rings. The predicted molar refractivity (Wildman–Crippen MR) is 62.9 cm³/mol. The van der Waals surface area contributed by atoms with Gasteiger partial charge in [-0.2, -0.15) is 0 Å². The van der Waals surface area contributed by atoms with Crippen LogP contribution in [0.4, 0.5) is 0 Å². The fourth-order valence-electron chi connectivity index (χ4n) is 1.62. The van der Waals surface area contributed by atoms with E-state index in [4.69, 9.17) is 0 Å². The number of carbonyl (C=O) groups excluding carboxylic acids is 1. The second-order valence-electron chi connectivity index (χ2n) is 4.24. The summed E-state index contributed by atoms with van der Waals surface area (Å²) in [6, 6.07) is 0. The first-order valence-corrected chi connectivity index (χ1v) is 6.07. The molecule has 0 saturated heterocycles. The van der Waals surface area contributed by atoms with Gasteiger partial charge in [-0.1, -0.05) is 19.9 Å². The van der Waals surface area contributed by atoms with Crippen LogP contribution in [0.25, 0.3) is 0 Å². The molecule has 0 amide bonds. The number of hydrogen-bond donors (Lipinski definition) is 0. The van der Waals surface area contributed by atoms with Crippen molar-refractivity contribution < 1.29 is 14.5 Å². The summed E-state index contributed by atoms with van der Waals surface area (Å²) >= 11 is 0. The number of aliphatic carboxylic acids is 1. The van der Waals surface area contributed by atoms with Crippen molar-refractivity contribution in [3.05, 3.63) is 30.9 Å². The zero-order chi connectivity index (χ0) is 12.7. The molecule has 0 atom stereocenters. The molecule has 0 spiro atoms. The van der Waals surface area contributed by atoms with E-state index in [-0.39, 0.29) is 5.57 Å². The lowest BCUT2D eigenvalue weighted by Gasteiger charge is -2.04. The molecule has 4 heteroatoms. The summed E-state index contributed by atoms with van der Waals surface area (Å²) in [6.45, 7) is 7.47. The Hall–Kier alpha value is -1.58. The lowest BCUT2D eigenvalue weighted by molar-refractivity contribution is -0.696. The van der Waals surface area contributed by atoms with Gasteiger partial charge in [0, 0.05) is 0 Å². The van der Waals surface area contributed by atoms with Crippen LogP contribution in [0.2, 0.25) is 0 Å². The Balaban J connectivity index is 2.29. The maximum absolute atomic E-state index is 10.4. The summed E-state index contributed by atoms with van der Waals surface area (Å²) in [6.07, 6.45) is 9.72. The third-order valence-electron chi connectivity index (χ3n) is 2.70. The molecule has 4 nitrogen and oxygen atoms in total. The van der Waals surface area contributed by atoms with Crippen molar-refractivity contribution in [2.45, 2.75) is 45.7 Å². The quantitative estimate of drug-likeness (QED) is 0.492. The molecule has 0 unspecified atom stereocenters. The molecule has 1 heterocycles. The summed E-state index contributed by atoms with van der Waals surface area (Å²) in [4.78, 5) is 10.4. The minimum Gasteiger partial charge on any atom is -0.545 e. The van der Waals surface area contributed by atoms with Gasteiger partial charge in [0.25, 0.3) is 0 Å². The summed E-state index contributed by atoms with van der Waals surface area (Å²) in [5.41, 5.74) is 0.177. The standard InChI is InChI=1S/C13H20N2O2/c1-3-4-7-14-9-10-15(11-14)8-5-6-12(2)13(16)17/h9-11H,2-8H2,1H3. The molecule has 0 radical (unpaired) electrons. The number of carboxylic acid groups (broad SMARTS) is 1. The number of aromatic nitrogens is 2. The molecule has 0 aromatic carbocycles. The fraction of sp³-hybridized carbons (Fsp3) is 0.538. The van der Waals surface area contributed by atoms with Gasteiger partial charge in [-0.05, 0) is 24.8 Å². The first-order valence-electron chi connectivity index (χ1n) is 6.07. The molecular formula is C13H20N2O2. The smallest absolute Gasteiger partial charge is 0.243 e. The van der Waals surface area contributed by atoms with Gasteiger partial charge in [-0.3, -0.25) is 0 Å². The predicted octanol–water partition coefficient (Wildman–Crippen LogP) is 0.662. The maximum Gasteiger partial charge on any atom is 0.243 e. The molecule has 94 valence electrons. The largest absolute Gasteiger partial charge is 0.545 e. The average molecular weight is 236 g/mol. The van der Waals surface area contributed by atoms with Gasteiger partial charge >= 0.3 is 0 Å². The maximum atomic E-state index is 10.4. The number of hydrogen-bond acceptors (Lipinski definition) is 2.